The number of carboxylic acids is 1. The van der Waals surface area contributed by atoms with Gasteiger partial charge in [-0.3, -0.25) is 9.78 Å². The predicted molar refractivity (Wildman–Crippen MR) is 162 cm³/mol. The number of pyridine rings is 1. The fourth-order valence-corrected chi connectivity index (χ4v) is 4.72. The molecule has 2 atom stereocenters. The average Bonchev–Trinajstić information content (AvgIpc) is 2.96. The molecule has 1 heterocycles. The van der Waals surface area contributed by atoms with Crippen molar-refractivity contribution in [2.45, 2.75) is 31.4 Å². The third-order valence-corrected chi connectivity index (χ3v) is 6.76. The Morgan fingerprint density at radius 2 is 1.73 bits per heavy atom. The standard InChI is InChI=1S/C31H29N3O5.2ClH/c35-29(22-7-4-12-32-18-22)19-33-25-10-8-20-9-11-27(15-23(20)13-25)39-28-16-24(31(37)38)14-26(17-28)34-30(36)21-5-2-1-3-6-21;;/h1-7,9,11-12,14-18,25,29,33,35H,8,10,13,19H2,(H,34,36)(H,37,38);2*1H/t25-,29+;;/m0../s1. The van der Waals surface area contributed by atoms with E-state index in [1.165, 1.54) is 17.7 Å². The average molecular weight is 597 g/mol. The van der Waals surface area contributed by atoms with Crippen molar-refractivity contribution in [3.63, 3.8) is 0 Å². The van der Waals surface area contributed by atoms with Crippen LogP contribution in [-0.2, 0) is 12.8 Å². The molecule has 0 fully saturated rings. The molecule has 5 rings (SSSR count). The number of rotatable bonds is 9. The number of hydrogen-bond acceptors (Lipinski definition) is 6. The molecule has 0 saturated carbocycles. The van der Waals surface area contributed by atoms with Crippen molar-refractivity contribution < 1.29 is 24.5 Å². The lowest BCUT2D eigenvalue weighted by Crippen LogP contribution is -2.37. The molecule has 4 N–H and O–H groups in total. The van der Waals surface area contributed by atoms with E-state index in [2.05, 4.69) is 15.6 Å². The third kappa shape index (κ3) is 8.28. The highest BCUT2D eigenvalue weighted by Gasteiger charge is 2.21. The molecule has 8 nitrogen and oxygen atoms in total. The molecule has 0 bridgehead atoms. The number of nitrogens with one attached hydrogen (secondary N) is 2. The number of aromatic carboxylic acids is 1. The summed E-state index contributed by atoms with van der Waals surface area (Å²) in [5, 5.41) is 26.3. The largest absolute Gasteiger partial charge is 0.478 e. The number of aliphatic hydroxyl groups is 1. The van der Waals surface area contributed by atoms with Crippen LogP contribution in [0.5, 0.6) is 11.5 Å². The van der Waals surface area contributed by atoms with E-state index in [0.29, 0.717) is 29.3 Å². The molecule has 3 aromatic carbocycles. The molecule has 214 valence electrons. The number of nitrogens with zero attached hydrogens (tertiary/aromatic N) is 1. The summed E-state index contributed by atoms with van der Waals surface area (Å²) in [7, 11) is 0. The molecular formula is C31H31Cl2N3O5. The van der Waals surface area contributed by atoms with E-state index in [9.17, 15) is 19.8 Å². The summed E-state index contributed by atoms with van der Waals surface area (Å²) < 4.78 is 6.07. The fraction of sp³-hybridized carbons (Fsp3) is 0.194. The molecule has 1 aliphatic carbocycles. The van der Waals surface area contributed by atoms with E-state index in [1.807, 2.05) is 36.4 Å². The topological polar surface area (TPSA) is 121 Å². The Labute approximate surface area is 250 Å². The number of aromatic nitrogens is 1. The van der Waals surface area contributed by atoms with Crippen LogP contribution in [0.3, 0.4) is 0 Å². The number of carboxylic acid groups (broad SMARTS) is 1. The number of carbonyl (C=O) groups is 2. The van der Waals surface area contributed by atoms with Crippen LogP contribution in [0, 0.1) is 0 Å². The maximum absolute atomic E-state index is 12.6. The first-order chi connectivity index (χ1) is 18.9. The van der Waals surface area contributed by atoms with E-state index in [1.54, 1.807) is 42.7 Å². The molecule has 4 aromatic rings. The van der Waals surface area contributed by atoms with Crippen molar-refractivity contribution in [2.24, 2.45) is 0 Å². The van der Waals surface area contributed by atoms with Crippen molar-refractivity contribution >= 4 is 42.4 Å². The quantitative estimate of drug-likeness (QED) is 0.191. The molecular weight excluding hydrogens is 565 g/mol. The minimum Gasteiger partial charge on any atom is -0.478 e. The number of hydrogen-bond donors (Lipinski definition) is 4. The summed E-state index contributed by atoms with van der Waals surface area (Å²) in [5.41, 5.74) is 3.95. The zero-order valence-corrected chi connectivity index (χ0v) is 23.7. The first kappa shape index (κ1) is 31.6. The summed E-state index contributed by atoms with van der Waals surface area (Å²) in [6.45, 7) is 0.432. The van der Waals surface area contributed by atoms with Crippen LogP contribution in [-0.4, -0.2) is 39.7 Å². The lowest BCUT2D eigenvalue weighted by molar-refractivity contribution is 0.0696. The Kier molecular flexibility index (Phi) is 11.3. The number of aliphatic hydroxyl groups excluding tert-OH is 1. The van der Waals surface area contributed by atoms with Gasteiger partial charge in [-0.2, -0.15) is 0 Å². The van der Waals surface area contributed by atoms with Crippen molar-refractivity contribution in [1.29, 1.82) is 0 Å². The van der Waals surface area contributed by atoms with Gasteiger partial charge in [0.05, 0.1) is 11.7 Å². The van der Waals surface area contributed by atoms with Crippen LogP contribution in [0.25, 0.3) is 0 Å². The lowest BCUT2D eigenvalue weighted by atomic mass is 9.88. The van der Waals surface area contributed by atoms with Gasteiger partial charge in [-0.05, 0) is 72.9 Å². The molecule has 1 aromatic heterocycles. The number of fused-ring (bicyclic) bond motifs is 1. The second-order valence-electron chi connectivity index (χ2n) is 9.55. The fourth-order valence-electron chi connectivity index (χ4n) is 4.72. The van der Waals surface area contributed by atoms with Gasteiger partial charge in [0, 0.05) is 47.9 Å². The third-order valence-electron chi connectivity index (χ3n) is 6.76. The minimum atomic E-state index is -1.12. The van der Waals surface area contributed by atoms with Crippen LogP contribution in [0.1, 0.15) is 49.9 Å². The zero-order chi connectivity index (χ0) is 27.2. The van der Waals surface area contributed by atoms with Gasteiger partial charge in [0.15, 0.2) is 0 Å². The SMILES string of the molecule is Cl.Cl.O=C(O)c1cc(NC(=O)c2ccccc2)cc(Oc2ccc3c(c2)C[C@@H](NC[C@@H](O)c2cccnc2)CC3)c1. The van der Waals surface area contributed by atoms with E-state index < -0.39 is 12.1 Å². The number of anilines is 1. The predicted octanol–water partition coefficient (Wildman–Crippen LogP) is 5.85. The highest BCUT2D eigenvalue weighted by molar-refractivity contribution is 6.05. The van der Waals surface area contributed by atoms with Crippen molar-refractivity contribution in [2.75, 3.05) is 11.9 Å². The second-order valence-corrected chi connectivity index (χ2v) is 9.55. The zero-order valence-electron chi connectivity index (χ0n) is 22.0. The van der Waals surface area contributed by atoms with Gasteiger partial charge in [0.2, 0.25) is 0 Å². The Hall–Kier alpha value is -3.95. The summed E-state index contributed by atoms with van der Waals surface area (Å²) >= 11 is 0. The van der Waals surface area contributed by atoms with E-state index in [0.717, 1.165) is 30.4 Å². The van der Waals surface area contributed by atoms with E-state index in [4.69, 9.17) is 4.74 Å². The van der Waals surface area contributed by atoms with Crippen LogP contribution >= 0.6 is 24.8 Å². The van der Waals surface area contributed by atoms with Crippen molar-refractivity contribution in [3.8, 4) is 11.5 Å². The van der Waals surface area contributed by atoms with Gasteiger partial charge in [0.25, 0.3) is 5.91 Å². The number of carbonyl (C=O) groups excluding carboxylic acids is 1. The highest BCUT2D eigenvalue weighted by Crippen LogP contribution is 2.31. The number of benzene rings is 3. The number of amides is 1. The maximum atomic E-state index is 12.6. The first-order valence-electron chi connectivity index (χ1n) is 12.8. The van der Waals surface area contributed by atoms with Crippen molar-refractivity contribution in [1.82, 2.24) is 10.3 Å². The molecule has 0 spiro atoms. The molecule has 0 unspecified atom stereocenters. The molecule has 10 heteroatoms. The summed E-state index contributed by atoms with van der Waals surface area (Å²) in [6, 6.07) is 22.9. The Balaban J connectivity index is 0.00000231. The Bertz CT molecular complexity index is 1470. The van der Waals surface area contributed by atoms with Gasteiger partial charge in [-0.15, -0.1) is 24.8 Å². The number of halogens is 2. The lowest BCUT2D eigenvalue weighted by Gasteiger charge is -2.27. The van der Waals surface area contributed by atoms with Gasteiger partial charge < -0.3 is 25.6 Å². The molecule has 41 heavy (non-hydrogen) atoms. The number of ether oxygens (including phenoxy) is 1. The van der Waals surface area contributed by atoms with Gasteiger partial charge in [-0.1, -0.05) is 30.3 Å². The van der Waals surface area contributed by atoms with Gasteiger partial charge in [-0.25, -0.2) is 4.79 Å². The minimum absolute atomic E-state index is 0. The first-order valence-corrected chi connectivity index (χ1v) is 12.8. The summed E-state index contributed by atoms with van der Waals surface area (Å²) in [5.74, 6) is -0.579. The molecule has 0 saturated heterocycles. The molecule has 1 amide bonds. The van der Waals surface area contributed by atoms with Crippen LogP contribution in [0.15, 0.2) is 91.3 Å². The molecule has 0 aliphatic heterocycles. The summed E-state index contributed by atoms with van der Waals surface area (Å²) in [4.78, 5) is 28.4. The smallest absolute Gasteiger partial charge is 0.335 e. The second kappa shape index (κ2) is 14.6. The highest BCUT2D eigenvalue weighted by atomic mass is 35.5. The van der Waals surface area contributed by atoms with Crippen LogP contribution < -0.4 is 15.4 Å². The number of aryl methyl sites for hydroxylation is 1. The van der Waals surface area contributed by atoms with Crippen molar-refractivity contribution in [3.05, 3.63) is 119 Å². The maximum Gasteiger partial charge on any atom is 0.335 e. The van der Waals surface area contributed by atoms with E-state index in [-0.39, 0.29) is 42.3 Å². The Morgan fingerprint density at radius 3 is 2.46 bits per heavy atom. The summed E-state index contributed by atoms with van der Waals surface area (Å²) in [6.07, 6.45) is 5.36. The monoisotopic (exact) mass is 595 g/mol. The van der Waals surface area contributed by atoms with Gasteiger partial charge >= 0.3 is 5.97 Å². The van der Waals surface area contributed by atoms with E-state index >= 15 is 0 Å². The molecule has 0 radical (unpaired) electrons. The van der Waals surface area contributed by atoms with Crippen LogP contribution in [0.2, 0.25) is 0 Å². The normalized spacial score (nSPS) is 14.4. The molecule has 1 aliphatic rings. The van der Waals surface area contributed by atoms with Crippen LogP contribution in [0.4, 0.5) is 5.69 Å². The Morgan fingerprint density at radius 1 is 0.927 bits per heavy atom. The van der Waals surface area contributed by atoms with Gasteiger partial charge in [0.1, 0.15) is 11.5 Å².